The average Bonchev–Trinajstić information content (AvgIpc) is 1.41. The second-order valence-corrected chi connectivity index (χ2v) is 1.21. The monoisotopic (exact) mass is 185 g/mol. The third-order valence-corrected chi connectivity index (χ3v) is 0.604. The van der Waals surface area contributed by atoms with Crippen LogP contribution in [0.1, 0.15) is 26.2 Å². The minimum Gasteiger partial charge on any atom is -0.343 e. The van der Waals surface area contributed by atoms with Gasteiger partial charge in [-0.25, -0.2) is 0 Å². The largest absolute Gasteiger partial charge is 0.343 e. The van der Waals surface area contributed by atoms with E-state index in [2.05, 4.69) is 13.8 Å². The fourth-order valence-corrected chi connectivity index (χ4v) is 0.250. The van der Waals surface area contributed by atoms with Crippen LogP contribution in [0.5, 0.6) is 0 Å². The Morgan fingerprint density at radius 2 is 2.00 bits per heavy atom. The van der Waals surface area contributed by atoms with Crippen molar-refractivity contribution in [1.29, 1.82) is 0 Å². The molecule has 0 aromatic heterocycles. The van der Waals surface area contributed by atoms with Crippen LogP contribution in [0.25, 0.3) is 0 Å². The average molecular weight is 184 g/mol. The van der Waals surface area contributed by atoms with Gasteiger partial charge in [0.2, 0.25) is 0 Å². The molecule has 34 valence electrons. The van der Waals surface area contributed by atoms with Gasteiger partial charge in [0.15, 0.2) is 0 Å². The van der Waals surface area contributed by atoms with Crippen LogP contribution in [0.4, 0.5) is 0 Å². The smallest absolute Gasteiger partial charge is 0 e. The zero-order chi connectivity index (χ0) is 4.12. The molecule has 0 aromatic carbocycles. The van der Waals surface area contributed by atoms with Gasteiger partial charge in [0.25, 0.3) is 0 Å². The molecule has 0 aliphatic carbocycles. The van der Waals surface area contributed by atoms with Gasteiger partial charge in [-0.2, -0.15) is 6.42 Å². The maximum Gasteiger partial charge on any atom is 0 e. The Hall–Kier alpha value is 0.922. The molecule has 6 heavy (non-hydrogen) atoms. The van der Waals surface area contributed by atoms with Crippen molar-refractivity contribution in [1.82, 2.24) is 0 Å². The summed E-state index contributed by atoms with van der Waals surface area (Å²) in [6, 6.07) is 0. The Kier molecular flexibility index (Phi) is 15.6. The Morgan fingerprint density at radius 1 is 1.50 bits per heavy atom. The summed E-state index contributed by atoms with van der Waals surface area (Å²) in [5, 5.41) is 0. The van der Waals surface area contributed by atoms with Crippen molar-refractivity contribution in [2.75, 3.05) is 0 Å². The summed E-state index contributed by atoms with van der Waals surface area (Å²) in [4.78, 5) is 0. The van der Waals surface area contributed by atoms with Crippen LogP contribution in [0.15, 0.2) is 0 Å². The zero-order valence-corrected chi connectivity index (χ0v) is 8.57. The molecule has 0 nitrogen and oxygen atoms in total. The molecule has 0 saturated carbocycles. The Bertz CT molecular complexity index is 11.4. The van der Waals surface area contributed by atoms with Gasteiger partial charge in [-0.3, -0.25) is 0 Å². The molecule has 0 unspecified atom stereocenters. The fourth-order valence-electron chi connectivity index (χ4n) is 0.250. The summed E-state index contributed by atoms with van der Waals surface area (Å²) in [5.74, 6) is 0. The van der Waals surface area contributed by atoms with Crippen molar-refractivity contribution in [2.24, 2.45) is 0 Å². The van der Waals surface area contributed by atoms with Gasteiger partial charge >= 0.3 is 0 Å². The second kappa shape index (κ2) is 9.33. The van der Waals surface area contributed by atoms with E-state index in [1.54, 1.807) is 0 Å². The first-order valence-corrected chi connectivity index (χ1v) is 2.21. The first-order chi connectivity index (χ1) is 2.41. The van der Waals surface area contributed by atoms with E-state index in [0.717, 1.165) is 6.42 Å². The molecule has 0 N–H and O–H groups in total. The summed E-state index contributed by atoms with van der Waals surface area (Å²) < 4.78 is 0. The van der Waals surface area contributed by atoms with Gasteiger partial charge in [-0.05, 0) is 0 Å². The maximum atomic E-state index is 3.68. The van der Waals surface area contributed by atoms with E-state index < -0.39 is 0 Å². The molecular weight excluding hydrogens is 172 g/mol. The van der Waals surface area contributed by atoms with Crippen LogP contribution >= 0.6 is 0 Å². The third-order valence-electron chi connectivity index (χ3n) is 0.604. The van der Waals surface area contributed by atoms with Crippen molar-refractivity contribution in [2.45, 2.75) is 26.2 Å². The number of hydrogen-bond donors (Lipinski definition) is 0. The Balaban J connectivity index is 0. The van der Waals surface area contributed by atoms with E-state index >= 15 is 0 Å². The van der Waals surface area contributed by atoms with Crippen LogP contribution in [0.2, 0.25) is 0 Å². The first-order valence-electron chi connectivity index (χ1n) is 2.21. The predicted octanol–water partition coefficient (Wildman–Crippen LogP) is 2.01. The molecule has 0 rings (SSSR count). The van der Waals surface area contributed by atoms with Gasteiger partial charge < -0.3 is 6.92 Å². The molecule has 0 bridgehead atoms. The van der Waals surface area contributed by atoms with Crippen LogP contribution in [-0.4, -0.2) is 0 Å². The van der Waals surface area contributed by atoms with Gasteiger partial charge in [0, 0.05) is 27.3 Å². The third kappa shape index (κ3) is 8.87. The van der Waals surface area contributed by atoms with Gasteiger partial charge in [-0.15, -0.1) is 0 Å². The summed E-state index contributed by atoms with van der Waals surface area (Å²) in [6.45, 7) is 5.85. The Labute approximate surface area is 60.5 Å². The number of rotatable bonds is 2. The molecular formula is C5H11Cd-. The summed E-state index contributed by atoms with van der Waals surface area (Å²) in [6.07, 6.45) is 3.65. The quantitative estimate of drug-likeness (QED) is 0.454. The molecule has 0 aliphatic heterocycles. The van der Waals surface area contributed by atoms with Crippen LogP contribution in [-0.2, 0) is 27.3 Å². The normalized spacial score (nSPS) is 7.00. The van der Waals surface area contributed by atoms with E-state index in [1.807, 2.05) is 0 Å². The summed E-state index contributed by atoms with van der Waals surface area (Å²) in [5.41, 5.74) is 0. The van der Waals surface area contributed by atoms with E-state index in [-0.39, 0.29) is 27.3 Å². The van der Waals surface area contributed by atoms with Crippen LogP contribution < -0.4 is 0 Å². The molecule has 0 atom stereocenters. The minimum absolute atomic E-state index is 0. The molecule has 0 fully saturated rings. The first kappa shape index (κ1) is 10.0. The second-order valence-electron chi connectivity index (χ2n) is 1.21. The minimum atomic E-state index is 0. The van der Waals surface area contributed by atoms with Crippen molar-refractivity contribution in [3.8, 4) is 0 Å². The van der Waals surface area contributed by atoms with Gasteiger partial charge in [0.1, 0.15) is 0 Å². The van der Waals surface area contributed by atoms with E-state index in [1.165, 1.54) is 12.8 Å². The molecule has 0 spiro atoms. The van der Waals surface area contributed by atoms with Crippen molar-refractivity contribution in [3.63, 3.8) is 0 Å². The van der Waals surface area contributed by atoms with Crippen LogP contribution in [0.3, 0.4) is 0 Å². The predicted molar refractivity (Wildman–Crippen MR) is 24.9 cm³/mol. The summed E-state index contributed by atoms with van der Waals surface area (Å²) >= 11 is 0. The van der Waals surface area contributed by atoms with Crippen molar-refractivity contribution < 1.29 is 27.3 Å². The molecule has 0 saturated heterocycles. The topological polar surface area (TPSA) is 0 Å². The number of hydrogen-bond acceptors (Lipinski definition) is 0. The van der Waals surface area contributed by atoms with E-state index in [0.29, 0.717) is 0 Å². The zero-order valence-electron chi connectivity index (χ0n) is 4.54. The van der Waals surface area contributed by atoms with E-state index in [4.69, 9.17) is 0 Å². The summed E-state index contributed by atoms with van der Waals surface area (Å²) in [7, 11) is 0. The maximum absolute atomic E-state index is 3.68. The molecule has 0 amide bonds. The number of unbranched alkanes of at least 4 members (excludes halogenated alkanes) is 2. The van der Waals surface area contributed by atoms with Gasteiger partial charge in [-0.1, -0.05) is 19.8 Å². The van der Waals surface area contributed by atoms with Crippen molar-refractivity contribution >= 4 is 0 Å². The molecule has 1 heteroatoms. The SMILES string of the molecule is [CH2-]CCCC.[Cd]. The molecule has 0 heterocycles. The van der Waals surface area contributed by atoms with Crippen LogP contribution in [0, 0.1) is 6.92 Å². The molecule has 0 radical (unpaired) electrons. The fraction of sp³-hybridized carbons (Fsp3) is 0.800. The van der Waals surface area contributed by atoms with Gasteiger partial charge in [0.05, 0.1) is 0 Å². The van der Waals surface area contributed by atoms with E-state index in [9.17, 15) is 0 Å². The standard InChI is InChI=1S/C5H11.Cd/c1-3-5-4-2;/h1,3-5H2,2H3;/q-1;. The van der Waals surface area contributed by atoms with Crippen molar-refractivity contribution in [3.05, 3.63) is 6.92 Å². The molecule has 0 aliphatic rings. The Morgan fingerprint density at radius 3 is 2.00 bits per heavy atom. The molecule has 0 aromatic rings.